The van der Waals surface area contributed by atoms with Crippen LogP contribution in [0.25, 0.3) is 0 Å². The Bertz CT molecular complexity index is 488. The van der Waals surface area contributed by atoms with Crippen molar-refractivity contribution in [3.8, 4) is 5.75 Å². The molecule has 2 N–H and O–H groups in total. The van der Waals surface area contributed by atoms with Crippen LogP contribution in [0.1, 0.15) is 38.7 Å². The van der Waals surface area contributed by atoms with Gasteiger partial charge in [-0.05, 0) is 56.8 Å². The highest BCUT2D eigenvalue weighted by atomic mass is 16.5. The van der Waals surface area contributed by atoms with Gasteiger partial charge in [0.15, 0.2) is 0 Å². The molecule has 0 aliphatic carbocycles. The Morgan fingerprint density at radius 3 is 2.95 bits per heavy atom. The number of hydrogen-bond acceptors (Lipinski definition) is 3. The van der Waals surface area contributed by atoms with Crippen LogP contribution in [0.5, 0.6) is 5.75 Å². The van der Waals surface area contributed by atoms with Gasteiger partial charge in [0.25, 0.3) is 0 Å². The summed E-state index contributed by atoms with van der Waals surface area (Å²) < 4.78 is 5.61. The Labute approximate surface area is 127 Å². The van der Waals surface area contributed by atoms with Crippen LogP contribution < -0.4 is 15.4 Å². The lowest BCUT2D eigenvalue weighted by molar-refractivity contribution is -0.119. The highest BCUT2D eigenvalue weighted by Gasteiger charge is 2.26. The first-order valence-electron chi connectivity index (χ1n) is 7.91. The first-order valence-corrected chi connectivity index (χ1v) is 7.91. The van der Waals surface area contributed by atoms with E-state index in [1.54, 1.807) is 0 Å². The lowest BCUT2D eigenvalue weighted by atomic mass is 9.90. The minimum absolute atomic E-state index is 0.0398. The molecule has 2 atom stereocenters. The van der Waals surface area contributed by atoms with Gasteiger partial charge in [-0.3, -0.25) is 4.79 Å². The van der Waals surface area contributed by atoms with Crippen LogP contribution in [0.15, 0.2) is 18.2 Å². The van der Waals surface area contributed by atoms with E-state index in [-0.39, 0.29) is 11.9 Å². The molecule has 1 aliphatic rings. The maximum absolute atomic E-state index is 12.4. The molecule has 0 bridgehead atoms. The van der Waals surface area contributed by atoms with Crippen molar-refractivity contribution in [3.05, 3.63) is 23.8 Å². The normalized spacial score (nSPS) is 21.9. The van der Waals surface area contributed by atoms with Crippen LogP contribution in [-0.2, 0) is 4.79 Å². The van der Waals surface area contributed by atoms with Gasteiger partial charge in [-0.1, -0.05) is 19.4 Å². The number of nitrogens with one attached hydrogen (secondary N) is 2. The van der Waals surface area contributed by atoms with E-state index >= 15 is 0 Å². The van der Waals surface area contributed by atoms with Crippen molar-refractivity contribution in [3.63, 3.8) is 0 Å². The second-order valence-electron chi connectivity index (χ2n) is 5.73. The molecule has 0 radical (unpaired) electrons. The molecule has 1 amide bonds. The second-order valence-corrected chi connectivity index (χ2v) is 5.73. The van der Waals surface area contributed by atoms with Gasteiger partial charge >= 0.3 is 0 Å². The second kappa shape index (κ2) is 7.46. The molecule has 2 unspecified atom stereocenters. The molecule has 21 heavy (non-hydrogen) atoms. The van der Waals surface area contributed by atoms with E-state index in [0.29, 0.717) is 12.5 Å². The predicted molar refractivity (Wildman–Crippen MR) is 85.8 cm³/mol. The summed E-state index contributed by atoms with van der Waals surface area (Å²) >= 11 is 0. The summed E-state index contributed by atoms with van der Waals surface area (Å²) in [5.74, 6) is 1.43. The molecule has 116 valence electrons. The average molecular weight is 290 g/mol. The number of hydrogen-bond donors (Lipinski definition) is 2. The van der Waals surface area contributed by atoms with Crippen molar-refractivity contribution >= 4 is 11.6 Å². The van der Waals surface area contributed by atoms with Crippen LogP contribution in [0.3, 0.4) is 0 Å². The van der Waals surface area contributed by atoms with Crippen molar-refractivity contribution in [2.24, 2.45) is 5.92 Å². The standard InChI is InChI=1S/C17H26N2O2/c1-4-13-8-9-18-15(11-13)17(20)19-14-7-6-12(3)10-16(14)21-5-2/h6-7,10,13,15,18H,4-5,8-9,11H2,1-3H3,(H,19,20). The summed E-state index contributed by atoms with van der Waals surface area (Å²) in [4.78, 5) is 12.4. The van der Waals surface area contributed by atoms with Crippen molar-refractivity contribution in [1.82, 2.24) is 5.32 Å². The number of carbonyl (C=O) groups is 1. The third-order valence-corrected chi connectivity index (χ3v) is 4.10. The fourth-order valence-electron chi connectivity index (χ4n) is 2.79. The van der Waals surface area contributed by atoms with Gasteiger partial charge in [-0.2, -0.15) is 0 Å². The van der Waals surface area contributed by atoms with Gasteiger partial charge in [-0.25, -0.2) is 0 Å². The molecule has 4 heteroatoms. The molecule has 0 aromatic heterocycles. The maximum atomic E-state index is 12.4. The van der Waals surface area contributed by atoms with Crippen molar-refractivity contribution in [1.29, 1.82) is 0 Å². The molecule has 1 heterocycles. The summed E-state index contributed by atoms with van der Waals surface area (Å²) in [7, 11) is 0. The molecule has 1 aliphatic heterocycles. The smallest absolute Gasteiger partial charge is 0.241 e. The molecule has 1 fully saturated rings. The SMILES string of the molecule is CCOc1cc(C)ccc1NC(=O)C1CC(CC)CCN1. The number of ether oxygens (including phenoxy) is 1. The molecule has 0 spiro atoms. The van der Waals surface area contributed by atoms with E-state index in [4.69, 9.17) is 4.74 Å². The molecule has 1 aromatic carbocycles. The van der Waals surface area contributed by atoms with Gasteiger partial charge in [0.1, 0.15) is 5.75 Å². The van der Waals surface area contributed by atoms with E-state index in [0.717, 1.165) is 42.8 Å². The van der Waals surface area contributed by atoms with Crippen LogP contribution in [0.4, 0.5) is 5.69 Å². The third kappa shape index (κ3) is 4.21. The minimum Gasteiger partial charge on any atom is -0.492 e. The largest absolute Gasteiger partial charge is 0.492 e. The average Bonchev–Trinajstić information content (AvgIpc) is 2.50. The summed E-state index contributed by atoms with van der Waals surface area (Å²) in [5.41, 5.74) is 1.88. The molecule has 2 rings (SSSR count). The Morgan fingerprint density at radius 1 is 1.43 bits per heavy atom. The van der Waals surface area contributed by atoms with Crippen LogP contribution in [0, 0.1) is 12.8 Å². The Balaban J connectivity index is 2.05. The van der Waals surface area contributed by atoms with Gasteiger partial charge in [-0.15, -0.1) is 0 Å². The molecular formula is C17H26N2O2. The zero-order valence-corrected chi connectivity index (χ0v) is 13.2. The topological polar surface area (TPSA) is 50.4 Å². The molecule has 4 nitrogen and oxygen atoms in total. The van der Waals surface area contributed by atoms with Gasteiger partial charge in [0.2, 0.25) is 5.91 Å². The van der Waals surface area contributed by atoms with Gasteiger partial charge < -0.3 is 15.4 Å². The van der Waals surface area contributed by atoms with Gasteiger partial charge in [0, 0.05) is 0 Å². The quantitative estimate of drug-likeness (QED) is 0.876. The number of aryl methyl sites for hydroxylation is 1. The zero-order valence-electron chi connectivity index (χ0n) is 13.2. The van der Waals surface area contributed by atoms with Crippen LogP contribution >= 0.6 is 0 Å². The number of amides is 1. The lowest BCUT2D eigenvalue weighted by Crippen LogP contribution is -2.46. The lowest BCUT2D eigenvalue weighted by Gasteiger charge is -2.29. The fraction of sp³-hybridized carbons (Fsp3) is 0.588. The predicted octanol–water partition coefficient (Wildman–Crippen LogP) is 3.11. The number of rotatable bonds is 5. The highest BCUT2D eigenvalue weighted by Crippen LogP contribution is 2.27. The Morgan fingerprint density at radius 2 is 2.24 bits per heavy atom. The first kappa shape index (κ1) is 15.8. The maximum Gasteiger partial charge on any atom is 0.241 e. The molecule has 1 saturated heterocycles. The summed E-state index contributed by atoms with van der Waals surface area (Å²) in [6.45, 7) is 7.66. The van der Waals surface area contributed by atoms with Crippen molar-refractivity contribution in [2.45, 2.75) is 46.1 Å². The van der Waals surface area contributed by atoms with Gasteiger partial charge in [0.05, 0.1) is 18.3 Å². The van der Waals surface area contributed by atoms with E-state index in [1.807, 2.05) is 32.0 Å². The molecule has 1 aromatic rings. The number of piperidine rings is 1. The Kier molecular flexibility index (Phi) is 5.62. The highest BCUT2D eigenvalue weighted by molar-refractivity contribution is 5.96. The minimum atomic E-state index is -0.0977. The fourth-order valence-corrected chi connectivity index (χ4v) is 2.79. The third-order valence-electron chi connectivity index (χ3n) is 4.10. The Hall–Kier alpha value is -1.55. The molecule has 0 saturated carbocycles. The number of anilines is 1. The number of carbonyl (C=O) groups excluding carboxylic acids is 1. The van der Waals surface area contributed by atoms with E-state index in [9.17, 15) is 4.79 Å². The van der Waals surface area contributed by atoms with Crippen molar-refractivity contribution < 1.29 is 9.53 Å². The van der Waals surface area contributed by atoms with E-state index < -0.39 is 0 Å². The summed E-state index contributed by atoms with van der Waals surface area (Å²) in [6.07, 6.45) is 3.22. The van der Waals surface area contributed by atoms with E-state index in [1.165, 1.54) is 0 Å². The first-order chi connectivity index (χ1) is 10.1. The number of benzene rings is 1. The summed E-state index contributed by atoms with van der Waals surface area (Å²) in [6, 6.07) is 5.77. The molecular weight excluding hydrogens is 264 g/mol. The van der Waals surface area contributed by atoms with Crippen molar-refractivity contribution in [2.75, 3.05) is 18.5 Å². The zero-order chi connectivity index (χ0) is 15.2. The summed E-state index contributed by atoms with van der Waals surface area (Å²) in [5, 5.41) is 6.32. The monoisotopic (exact) mass is 290 g/mol. The van der Waals surface area contributed by atoms with E-state index in [2.05, 4.69) is 17.6 Å². The van der Waals surface area contributed by atoms with Crippen LogP contribution in [-0.4, -0.2) is 25.1 Å². The van der Waals surface area contributed by atoms with Crippen LogP contribution in [0.2, 0.25) is 0 Å².